The summed E-state index contributed by atoms with van der Waals surface area (Å²) < 4.78 is 0. The minimum Gasteiger partial charge on any atom is -0.375 e. The molecule has 1 saturated carbocycles. The molecule has 4 heteroatoms. The highest BCUT2D eigenvalue weighted by molar-refractivity contribution is 6.31. The molecule has 0 bridgehead atoms. The first-order valence-electron chi connectivity index (χ1n) is 11.9. The van der Waals surface area contributed by atoms with E-state index in [2.05, 4.69) is 71.7 Å². The van der Waals surface area contributed by atoms with Gasteiger partial charge in [0.25, 0.3) is 0 Å². The Balaban J connectivity index is 1.23. The third-order valence-corrected chi connectivity index (χ3v) is 7.81. The molecule has 2 aliphatic rings. The minimum atomic E-state index is -0.140. The van der Waals surface area contributed by atoms with Crippen molar-refractivity contribution in [3.05, 3.63) is 101 Å². The number of nitrogens with zero attached hydrogens (tertiary/aromatic N) is 1. The molecule has 33 heavy (non-hydrogen) atoms. The molecule has 2 fully saturated rings. The molecule has 3 aromatic rings. The molecule has 1 amide bonds. The predicted octanol–water partition coefficient (Wildman–Crippen LogP) is 6.60. The molecule has 1 spiro atoms. The number of aryl methyl sites for hydroxylation is 1. The van der Waals surface area contributed by atoms with E-state index in [0.29, 0.717) is 12.3 Å². The van der Waals surface area contributed by atoms with Crippen molar-refractivity contribution in [2.45, 2.75) is 44.6 Å². The average Bonchev–Trinajstić information content (AvgIpc) is 2.78. The maximum atomic E-state index is 12.8. The number of hydrogen-bond donors (Lipinski definition) is 1. The predicted molar refractivity (Wildman–Crippen MR) is 136 cm³/mol. The lowest BCUT2D eigenvalue weighted by atomic mass is 9.51. The Morgan fingerprint density at radius 1 is 0.939 bits per heavy atom. The first-order chi connectivity index (χ1) is 16.0. The summed E-state index contributed by atoms with van der Waals surface area (Å²) in [5, 5.41) is 4.65. The van der Waals surface area contributed by atoms with Crippen molar-refractivity contribution < 1.29 is 4.79 Å². The van der Waals surface area contributed by atoms with Crippen LogP contribution in [0.25, 0.3) is 0 Å². The molecule has 1 N–H and O–H groups in total. The number of anilines is 1. The van der Waals surface area contributed by atoms with Crippen LogP contribution in [-0.2, 0) is 16.8 Å². The van der Waals surface area contributed by atoms with Gasteiger partial charge in [0.1, 0.15) is 0 Å². The fourth-order valence-electron chi connectivity index (χ4n) is 5.91. The molecule has 1 aliphatic carbocycles. The van der Waals surface area contributed by atoms with Crippen LogP contribution < -0.4 is 5.32 Å². The van der Waals surface area contributed by atoms with Crippen LogP contribution in [0.5, 0.6) is 0 Å². The van der Waals surface area contributed by atoms with Crippen LogP contribution in [0, 0.1) is 12.3 Å². The van der Waals surface area contributed by atoms with Crippen LogP contribution in [0.15, 0.2) is 78.9 Å². The summed E-state index contributed by atoms with van der Waals surface area (Å²) >= 11 is 6.50. The highest BCUT2D eigenvalue weighted by atomic mass is 35.5. The van der Waals surface area contributed by atoms with Gasteiger partial charge in [-0.05, 0) is 67.5 Å². The zero-order chi connectivity index (χ0) is 22.9. The average molecular weight is 459 g/mol. The largest absolute Gasteiger partial charge is 0.375 e. The van der Waals surface area contributed by atoms with Gasteiger partial charge in [0.2, 0.25) is 5.91 Å². The summed E-state index contributed by atoms with van der Waals surface area (Å²) in [5.74, 6) is 0.295. The van der Waals surface area contributed by atoms with Crippen molar-refractivity contribution in [1.29, 1.82) is 0 Å². The molecular formula is C29H31ClN2O. The number of carbonyl (C=O) groups excluding carboxylic acids is 1. The number of para-hydroxylation sites is 1. The van der Waals surface area contributed by atoms with E-state index in [1.54, 1.807) is 0 Å². The van der Waals surface area contributed by atoms with Crippen molar-refractivity contribution >= 4 is 23.2 Å². The van der Waals surface area contributed by atoms with E-state index >= 15 is 0 Å². The lowest BCUT2D eigenvalue weighted by molar-refractivity contribution is -0.156. The van der Waals surface area contributed by atoms with Crippen molar-refractivity contribution in [1.82, 2.24) is 4.90 Å². The number of hydrogen-bond acceptors (Lipinski definition) is 2. The van der Waals surface area contributed by atoms with Crippen LogP contribution >= 0.6 is 11.6 Å². The van der Waals surface area contributed by atoms with Gasteiger partial charge in [-0.25, -0.2) is 0 Å². The zero-order valence-electron chi connectivity index (χ0n) is 19.2. The molecule has 170 valence electrons. The van der Waals surface area contributed by atoms with E-state index in [-0.39, 0.29) is 11.0 Å². The molecule has 1 saturated heterocycles. The fourth-order valence-corrected chi connectivity index (χ4v) is 6.08. The second kappa shape index (κ2) is 8.87. The Hall–Kier alpha value is -2.78. The van der Waals surface area contributed by atoms with E-state index in [9.17, 15) is 4.79 Å². The monoisotopic (exact) mass is 458 g/mol. The van der Waals surface area contributed by atoms with Gasteiger partial charge in [-0.1, -0.05) is 72.3 Å². The number of halogens is 1. The number of amides is 1. The lowest BCUT2D eigenvalue weighted by Crippen LogP contribution is -2.69. The Morgan fingerprint density at radius 2 is 1.61 bits per heavy atom. The fraction of sp³-hybridized carbons (Fsp3) is 0.345. The smallest absolute Gasteiger partial charge is 0.222 e. The Labute approximate surface area is 201 Å². The normalized spacial score (nSPS) is 17.8. The number of benzene rings is 3. The maximum Gasteiger partial charge on any atom is 0.222 e. The highest BCUT2D eigenvalue weighted by Crippen LogP contribution is 2.60. The second-order valence-electron chi connectivity index (χ2n) is 9.93. The number of nitrogens with one attached hydrogen (secondary N) is 1. The van der Waals surface area contributed by atoms with E-state index in [1.165, 1.54) is 11.1 Å². The van der Waals surface area contributed by atoms with Gasteiger partial charge in [0.05, 0.1) is 5.54 Å². The van der Waals surface area contributed by atoms with Gasteiger partial charge in [-0.15, -0.1) is 0 Å². The van der Waals surface area contributed by atoms with Crippen LogP contribution in [0.1, 0.15) is 42.4 Å². The third kappa shape index (κ3) is 4.39. The molecule has 3 nitrogen and oxygen atoms in total. The van der Waals surface area contributed by atoms with Gasteiger partial charge >= 0.3 is 0 Å². The van der Waals surface area contributed by atoms with Gasteiger partial charge < -0.3 is 10.2 Å². The zero-order valence-corrected chi connectivity index (χ0v) is 19.9. The molecule has 0 unspecified atom stereocenters. The summed E-state index contributed by atoms with van der Waals surface area (Å²) in [5.41, 5.74) is 4.92. The van der Waals surface area contributed by atoms with E-state index in [4.69, 9.17) is 11.6 Å². The van der Waals surface area contributed by atoms with Gasteiger partial charge in [0, 0.05) is 35.6 Å². The molecule has 0 aromatic heterocycles. The van der Waals surface area contributed by atoms with Gasteiger partial charge in [-0.3, -0.25) is 4.79 Å². The lowest BCUT2D eigenvalue weighted by Gasteiger charge is -2.65. The molecule has 0 atom stereocenters. The van der Waals surface area contributed by atoms with Crippen LogP contribution in [0.4, 0.5) is 5.69 Å². The van der Waals surface area contributed by atoms with E-state index in [0.717, 1.165) is 55.0 Å². The van der Waals surface area contributed by atoms with Gasteiger partial charge in [-0.2, -0.15) is 0 Å². The summed E-state index contributed by atoms with van der Waals surface area (Å²) in [7, 11) is 0. The van der Waals surface area contributed by atoms with Crippen molar-refractivity contribution in [3.63, 3.8) is 0 Å². The SMILES string of the molecule is Cc1c(Cl)cccc1C1(Nc2ccccc2)CC2(CN(C(=O)CCCc3ccccc3)C2)C1. The summed E-state index contributed by atoms with van der Waals surface area (Å²) in [6.45, 7) is 3.85. The Morgan fingerprint density at radius 3 is 2.30 bits per heavy atom. The molecule has 0 radical (unpaired) electrons. The van der Waals surface area contributed by atoms with Crippen LogP contribution in [0.2, 0.25) is 5.02 Å². The molecule has 3 aromatic carbocycles. The number of carbonyl (C=O) groups is 1. The third-order valence-electron chi connectivity index (χ3n) is 7.40. The quantitative estimate of drug-likeness (QED) is 0.432. The molecule has 1 aliphatic heterocycles. The highest BCUT2D eigenvalue weighted by Gasteiger charge is 2.61. The first kappa shape index (κ1) is 22.0. The van der Waals surface area contributed by atoms with E-state index in [1.807, 2.05) is 24.3 Å². The Bertz CT molecular complexity index is 1110. The minimum absolute atomic E-state index is 0.140. The topological polar surface area (TPSA) is 32.3 Å². The number of rotatable bonds is 7. The van der Waals surface area contributed by atoms with E-state index < -0.39 is 0 Å². The second-order valence-corrected chi connectivity index (χ2v) is 10.3. The molecular weight excluding hydrogens is 428 g/mol. The van der Waals surface area contributed by atoms with Crippen molar-refractivity contribution in [2.24, 2.45) is 5.41 Å². The molecule has 1 heterocycles. The van der Waals surface area contributed by atoms with Gasteiger partial charge in [0.15, 0.2) is 0 Å². The van der Waals surface area contributed by atoms with Crippen LogP contribution in [0.3, 0.4) is 0 Å². The number of likely N-dealkylation sites (tertiary alicyclic amines) is 1. The van der Waals surface area contributed by atoms with Crippen LogP contribution in [-0.4, -0.2) is 23.9 Å². The Kier molecular flexibility index (Phi) is 5.92. The summed E-state index contributed by atoms with van der Waals surface area (Å²) in [4.78, 5) is 14.8. The summed E-state index contributed by atoms with van der Waals surface area (Å²) in [6.07, 6.45) is 4.54. The molecule has 5 rings (SSSR count). The summed E-state index contributed by atoms with van der Waals surface area (Å²) in [6, 6.07) is 27.0. The van der Waals surface area contributed by atoms with Crippen molar-refractivity contribution in [3.8, 4) is 0 Å². The standard InChI is InChI=1S/C29H31ClN2O/c1-22-25(15-9-16-26(22)30)29(31-24-13-6-3-7-14-24)18-28(19-29)20-32(21-28)27(33)17-8-12-23-10-4-2-5-11-23/h2-7,9-11,13-16,31H,8,12,17-21H2,1H3. The first-order valence-corrected chi connectivity index (χ1v) is 12.3. The van der Waals surface area contributed by atoms with Crippen molar-refractivity contribution in [2.75, 3.05) is 18.4 Å². The maximum absolute atomic E-state index is 12.8.